The third-order valence-corrected chi connectivity index (χ3v) is 4.52. The Hall–Kier alpha value is -0.730. The maximum atomic E-state index is 6.22. The largest absolute Gasteiger partial charge is 0.495 e. The Morgan fingerprint density at radius 3 is 2.63 bits per heavy atom. The molecule has 1 aromatic carbocycles. The molecule has 1 aliphatic carbocycles. The fourth-order valence-electron chi connectivity index (χ4n) is 3.08. The first-order valence-corrected chi connectivity index (χ1v) is 7.63. The van der Waals surface area contributed by atoms with Crippen molar-refractivity contribution in [1.29, 1.82) is 0 Å². The molecule has 1 atom stereocenters. The van der Waals surface area contributed by atoms with Crippen LogP contribution in [0.3, 0.4) is 0 Å². The second-order valence-electron chi connectivity index (χ2n) is 5.47. The van der Waals surface area contributed by atoms with Crippen molar-refractivity contribution >= 4 is 11.6 Å². The van der Waals surface area contributed by atoms with E-state index in [9.17, 15) is 0 Å². The number of halogens is 1. The van der Waals surface area contributed by atoms with Crippen molar-refractivity contribution in [2.45, 2.75) is 44.6 Å². The summed E-state index contributed by atoms with van der Waals surface area (Å²) >= 11 is 6.22. The van der Waals surface area contributed by atoms with E-state index in [2.05, 4.69) is 11.4 Å². The molecule has 0 spiro atoms. The first-order chi connectivity index (χ1) is 9.24. The number of hydrogen-bond acceptors (Lipinski definition) is 2. The molecule has 19 heavy (non-hydrogen) atoms. The SMILES string of the molecule is CNC(CC1CCCCC1)c1ccc(OC)c(Cl)c1. The average molecular weight is 282 g/mol. The summed E-state index contributed by atoms with van der Waals surface area (Å²) in [5.41, 5.74) is 1.26. The standard InChI is InChI=1S/C16H24ClNO/c1-18-15(10-12-6-4-3-5-7-12)13-8-9-16(19-2)14(17)11-13/h8-9,11-12,15,18H,3-7,10H2,1-2H3. The van der Waals surface area contributed by atoms with Crippen molar-refractivity contribution in [2.75, 3.05) is 14.2 Å². The number of rotatable bonds is 5. The monoisotopic (exact) mass is 281 g/mol. The van der Waals surface area contributed by atoms with E-state index in [1.54, 1.807) is 7.11 Å². The molecule has 1 unspecified atom stereocenters. The molecule has 0 aliphatic heterocycles. The molecule has 2 nitrogen and oxygen atoms in total. The maximum Gasteiger partial charge on any atom is 0.137 e. The molecule has 0 saturated heterocycles. The minimum Gasteiger partial charge on any atom is -0.495 e. The van der Waals surface area contributed by atoms with Crippen LogP contribution in [0.4, 0.5) is 0 Å². The van der Waals surface area contributed by atoms with Crippen LogP contribution in [0, 0.1) is 5.92 Å². The highest BCUT2D eigenvalue weighted by atomic mass is 35.5. The Balaban J connectivity index is 2.05. The third kappa shape index (κ3) is 3.87. The van der Waals surface area contributed by atoms with E-state index in [1.807, 2.05) is 19.2 Å². The van der Waals surface area contributed by atoms with E-state index in [-0.39, 0.29) is 0 Å². The Labute approximate surface area is 121 Å². The van der Waals surface area contributed by atoms with E-state index in [0.29, 0.717) is 11.1 Å². The van der Waals surface area contributed by atoms with Crippen LogP contribution in [0.5, 0.6) is 5.75 Å². The third-order valence-electron chi connectivity index (χ3n) is 4.22. The van der Waals surface area contributed by atoms with E-state index < -0.39 is 0 Å². The van der Waals surface area contributed by atoms with E-state index in [1.165, 1.54) is 44.1 Å². The Morgan fingerprint density at radius 2 is 2.05 bits per heavy atom. The van der Waals surface area contributed by atoms with E-state index in [0.717, 1.165) is 11.7 Å². The van der Waals surface area contributed by atoms with Crippen molar-refractivity contribution in [3.8, 4) is 5.75 Å². The number of hydrogen-bond donors (Lipinski definition) is 1. The summed E-state index contributed by atoms with van der Waals surface area (Å²) in [4.78, 5) is 0. The molecule has 0 aromatic heterocycles. The van der Waals surface area contributed by atoms with Gasteiger partial charge < -0.3 is 10.1 Å². The minimum absolute atomic E-state index is 0.395. The lowest BCUT2D eigenvalue weighted by Crippen LogP contribution is -2.21. The zero-order valence-corrected chi connectivity index (χ0v) is 12.7. The molecule has 1 N–H and O–H groups in total. The van der Waals surface area contributed by atoms with Crippen LogP contribution in [0.1, 0.15) is 50.1 Å². The van der Waals surface area contributed by atoms with Crippen LogP contribution in [0.15, 0.2) is 18.2 Å². The van der Waals surface area contributed by atoms with E-state index >= 15 is 0 Å². The van der Waals surface area contributed by atoms with Crippen molar-refractivity contribution < 1.29 is 4.74 Å². The van der Waals surface area contributed by atoms with Gasteiger partial charge in [0.15, 0.2) is 0 Å². The molecule has 1 fully saturated rings. The van der Waals surface area contributed by atoms with Gasteiger partial charge >= 0.3 is 0 Å². The van der Waals surface area contributed by atoms with Gasteiger partial charge in [0, 0.05) is 6.04 Å². The number of methoxy groups -OCH3 is 1. The molecule has 0 amide bonds. The minimum atomic E-state index is 0.395. The predicted molar refractivity (Wildman–Crippen MR) is 81.0 cm³/mol. The van der Waals surface area contributed by atoms with Gasteiger partial charge in [0.2, 0.25) is 0 Å². The second kappa shape index (κ2) is 7.16. The van der Waals surface area contributed by atoms with Crippen molar-refractivity contribution in [3.63, 3.8) is 0 Å². The van der Waals surface area contributed by atoms with Crippen LogP contribution in [-0.2, 0) is 0 Å². The van der Waals surface area contributed by atoms with Crippen LogP contribution in [0.2, 0.25) is 5.02 Å². The van der Waals surface area contributed by atoms with Gasteiger partial charge in [-0.2, -0.15) is 0 Å². The van der Waals surface area contributed by atoms with Crippen LogP contribution in [-0.4, -0.2) is 14.2 Å². The van der Waals surface area contributed by atoms with Gasteiger partial charge in [0.1, 0.15) is 5.75 Å². The lowest BCUT2D eigenvalue weighted by molar-refractivity contribution is 0.305. The lowest BCUT2D eigenvalue weighted by atomic mass is 9.83. The summed E-state index contributed by atoms with van der Waals surface area (Å²) < 4.78 is 5.21. The van der Waals surface area contributed by atoms with Gasteiger partial charge in [0.25, 0.3) is 0 Å². The number of ether oxygens (including phenoxy) is 1. The van der Waals surface area contributed by atoms with Gasteiger partial charge in [-0.25, -0.2) is 0 Å². The molecule has 106 valence electrons. The fourth-order valence-corrected chi connectivity index (χ4v) is 3.34. The van der Waals surface area contributed by atoms with Gasteiger partial charge in [0.05, 0.1) is 12.1 Å². The molecule has 0 heterocycles. The summed E-state index contributed by atoms with van der Waals surface area (Å²) in [5.74, 6) is 1.60. The topological polar surface area (TPSA) is 21.3 Å². The quantitative estimate of drug-likeness (QED) is 0.853. The smallest absolute Gasteiger partial charge is 0.137 e. The predicted octanol–water partition coefficient (Wildman–Crippen LogP) is 4.58. The molecule has 1 aromatic rings. The second-order valence-corrected chi connectivity index (χ2v) is 5.88. The molecule has 1 aliphatic rings. The van der Waals surface area contributed by atoms with Crippen molar-refractivity contribution in [2.24, 2.45) is 5.92 Å². The summed E-state index contributed by atoms with van der Waals surface area (Å²) in [6, 6.07) is 6.51. The maximum absolute atomic E-state index is 6.22. The first-order valence-electron chi connectivity index (χ1n) is 7.25. The number of benzene rings is 1. The fraction of sp³-hybridized carbons (Fsp3) is 0.625. The van der Waals surface area contributed by atoms with E-state index in [4.69, 9.17) is 16.3 Å². The Kier molecular flexibility index (Phi) is 5.53. The van der Waals surface area contributed by atoms with Gasteiger partial charge in [-0.15, -0.1) is 0 Å². The average Bonchev–Trinajstić information content (AvgIpc) is 2.46. The Morgan fingerprint density at radius 1 is 1.32 bits per heavy atom. The molecule has 3 heteroatoms. The Bertz CT molecular complexity index is 402. The highest BCUT2D eigenvalue weighted by Crippen LogP contribution is 2.34. The normalized spacial score (nSPS) is 18.3. The summed E-state index contributed by atoms with van der Waals surface area (Å²) in [6.07, 6.45) is 8.16. The van der Waals surface area contributed by atoms with Crippen LogP contribution < -0.4 is 10.1 Å². The van der Waals surface area contributed by atoms with Crippen LogP contribution >= 0.6 is 11.6 Å². The molecule has 2 rings (SSSR count). The van der Waals surface area contributed by atoms with Gasteiger partial charge in [-0.05, 0) is 37.1 Å². The summed E-state index contributed by atoms with van der Waals surface area (Å²) in [6.45, 7) is 0. The lowest BCUT2D eigenvalue weighted by Gasteiger charge is -2.27. The van der Waals surface area contributed by atoms with Crippen molar-refractivity contribution in [1.82, 2.24) is 5.32 Å². The van der Waals surface area contributed by atoms with Crippen LogP contribution in [0.25, 0.3) is 0 Å². The highest BCUT2D eigenvalue weighted by molar-refractivity contribution is 6.32. The summed E-state index contributed by atoms with van der Waals surface area (Å²) in [7, 11) is 3.68. The molecular weight excluding hydrogens is 258 g/mol. The molecule has 0 radical (unpaired) electrons. The van der Waals surface area contributed by atoms with Crippen molar-refractivity contribution in [3.05, 3.63) is 28.8 Å². The summed E-state index contributed by atoms with van der Waals surface area (Å²) in [5, 5.41) is 4.13. The zero-order valence-electron chi connectivity index (χ0n) is 11.9. The van der Waals surface area contributed by atoms with Gasteiger partial charge in [-0.1, -0.05) is 49.8 Å². The molecular formula is C16H24ClNO. The molecule has 0 bridgehead atoms. The first kappa shape index (κ1) is 14.7. The van der Waals surface area contributed by atoms with Gasteiger partial charge in [-0.3, -0.25) is 0 Å². The number of nitrogens with one attached hydrogen (secondary N) is 1. The zero-order chi connectivity index (χ0) is 13.7. The highest BCUT2D eigenvalue weighted by Gasteiger charge is 2.19. The molecule has 1 saturated carbocycles.